The van der Waals surface area contributed by atoms with Gasteiger partial charge in [0.15, 0.2) is 0 Å². The Morgan fingerprint density at radius 1 is 0.938 bits per heavy atom. The maximum atomic E-state index is 10.9. The van der Waals surface area contributed by atoms with Gasteiger partial charge in [-0.1, -0.05) is 51.9 Å². The van der Waals surface area contributed by atoms with Crippen molar-refractivity contribution in [2.75, 3.05) is 0 Å². The average Bonchev–Trinajstić information content (AvgIpc) is 2.21. The van der Waals surface area contributed by atoms with E-state index in [4.69, 9.17) is 5.73 Å². The van der Waals surface area contributed by atoms with E-state index in [1.54, 1.807) is 0 Å². The number of esters is 1. The van der Waals surface area contributed by atoms with Crippen LogP contribution in [0.3, 0.4) is 0 Å². The molecule has 0 aromatic heterocycles. The van der Waals surface area contributed by atoms with Gasteiger partial charge in [-0.05, 0) is 6.42 Å². The third-order valence-electron chi connectivity index (χ3n) is 2.45. The summed E-state index contributed by atoms with van der Waals surface area (Å²) in [6.45, 7) is 2.20. The van der Waals surface area contributed by atoms with Gasteiger partial charge in [-0.2, -0.15) is 0 Å². The molecule has 0 spiro atoms. The molecular formula is C12H23NO3. The lowest BCUT2D eigenvalue weighted by molar-refractivity contribution is -0.137. The summed E-state index contributed by atoms with van der Waals surface area (Å²) < 4.78 is 4.21. The minimum Gasteiger partial charge on any atom is -0.376 e. The minimum absolute atomic E-state index is 0.290. The van der Waals surface area contributed by atoms with Crippen molar-refractivity contribution in [1.29, 1.82) is 0 Å². The van der Waals surface area contributed by atoms with Gasteiger partial charge in [0, 0.05) is 6.42 Å². The molecule has 1 amide bonds. The zero-order valence-corrected chi connectivity index (χ0v) is 10.2. The van der Waals surface area contributed by atoms with Crippen molar-refractivity contribution in [1.82, 2.24) is 0 Å². The highest BCUT2D eigenvalue weighted by molar-refractivity contribution is 5.83. The Morgan fingerprint density at radius 2 is 1.44 bits per heavy atom. The first-order chi connectivity index (χ1) is 7.66. The van der Waals surface area contributed by atoms with Crippen molar-refractivity contribution in [3.63, 3.8) is 0 Å². The van der Waals surface area contributed by atoms with E-state index in [1.807, 2.05) is 0 Å². The second-order valence-electron chi connectivity index (χ2n) is 4.02. The Morgan fingerprint density at radius 3 is 1.94 bits per heavy atom. The molecule has 94 valence electrons. The van der Waals surface area contributed by atoms with E-state index >= 15 is 0 Å². The van der Waals surface area contributed by atoms with Gasteiger partial charge in [0.2, 0.25) is 0 Å². The van der Waals surface area contributed by atoms with Gasteiger partial charge in [-0.15, -0.1) is 0 Å². The molecule has 0 heterocycles. The van der Waals surface area contributed by atoms with Gasteiger partial charge in [0.05, 0.1) is 0 Å². The highest BCUT2D eigenvalue weighted by atomic mass is 16.6. The van der Waals surface area contributed by atoms with Gasteiger partial charge < -0.3 is 10.5 Å². The first-order valence-electron chi connectivity index (χ1n) is 6.17. The fourth-order valence-corrected chi connectivity index (χ4v) is 1.57. The Hall–Kier alpha value is -1.06. The molecule has 0 aliphatic heterocycles. The largest absolute Gasteiger partial charge is 0.412 e. The van der Waals surface area contributed by atoms with Crippen LogP contribution >= 0.6 is 0 Å². The number of unbranched alkanes of at least 4 members (excludes halogenated alkanes) is 7. The normalized spacial score (nSPS) is 10.1. The van der Waals surface area contributed by atoms with E-state index in [2.05, 4.69) is 11.7 Å². The summed E-state index contributed by atoms with van der Waals surface area (Å²) in [6, 6.07) is 0. The van der Waals surface area contributed by atoms with Crippen LogP contribution in [0.25, 0.3) is 0 Å². The van der Waals surface area contributed by atoms with E-state index in [0.29, 0.717) is 0 Å². The smallest absolute Gasteiger partial charge is 0.376 e. The Balaban J connectivity index is 3.14. The third-order valence-corrected chi connectivity index (χ3v) is 2.45. The first-order valence-corrected chi connectivity index (χ1v) is 6.17. The van der Waals surface area contributed by atoms with Crippen LogP contribution in [0.1, 0.15) is 64.7 Å². The summed E-state index contributed by atoms with van der Waals surface area (Å²) in [5, 5.41) is 0. The van der Waals surface area contributed by atoms with E-state index in [1.165, 1.54) is 32.1 Å². The molecule has 0 aromatic carbocycles. The van der Waals surface area contributed by atoms with Crippen molar-refractivity contribution in [3.05, 3.63) is 0 Å². The highest BCUT2D eigenvalue weighted by Gasteiger charge is 2.05. The molecule has 0 unspecified atom stereocenters. The quantitative estimate of drug-likeness (QED) is 0.375. The standard InChI is InChI=1S/C12H23NO3/c1-2-3-4-5-6-7-8-9-10-11(14)16-12(13)15/h2-10H2,1H3,(H2,13,15). The van der Waals surface area contributed by atoms with Crippen LogP contribution in [-0.4, -0.2) is 12.1 Å². The third kappa shape index (κ3) is 11.0. The van der Waals surface area contributed by atoms with E-state index in [-0.39, 0.29) is 6.42 Å². The fourth-order valence-electron chi connectivity index (χ4n) is 1.57. The van der Waals surface area contributed by atoms with E-state index < -0.39 is 12.1 Å². The Labute approximate surface area is 97.5 Å². The Kier molecular flexibility index (Phi) is 9.76. The van der Waals surface area contributed by atoms with Crippen molar-refractivity contribution in [2.45, 2.75) is 64.7 Å². The zero-order valence-electron chi connectivity index (χ0n) is 10.2. The van der Waals surface area contributed by atoms with Crippen LogP contribution in [0.4, 0.5) is 4.79 Å². The van der Waals surface area contributed by atoms with Crippen LogP contribution in [0.5, 0.6) is 0 Å². The highest BCUT2D eigenvalue weighted by Crippen LogP contribution is 2.09. The van der Waals surface area contributed by atoms with Gasteiger partial charge in [-0.3, -0.25) is 4.79 Å². The summed E-state index contributed by atoms with van der Waals surface area (Å²) >= 11 is 0. The van der Waals surface area contributed by atoms with Gasteiger partial charge in [0.25, 0.3) is 0 Å². The van der Waals surface area contributed by atoms with Crippen LogP contribution in [0.2, 0.25) is 0 Å². The van der Waals surface area contributed by atoms with Crippen LogP contribution in [-0.2, 0) is 9.53 Å². The summed E-state index contributed by atoms with van der Waals surface area (Å²) in [5.74, 6) is -0.515. The molecular weight excluding hydrogens is 206 g/mol. The predicted octanol–water partition coefficient (Wildman–Crippen LogP) is 3.14. The molecule has 0 saturated carbocycles. The molecule has 0 aromatic rings. The van der Waals surface area contributed by atoms with Crippen molar-refractivity contribution < 1.29 is 14.3 Å². The average molecular weight is 229 g/mol. The van der Waals surface area contributed by atoms with Crippen molar-refractivity contribution >= 4 is 12.1 Å². The molecule has 0 rings (SSSR count). The van der Waals surface area contributed by atoms with Gasteiger partial charge >= 0.3 is 12.1 Å². The summed E-state index contributed by atoms with van der Waals surface area (Å²) in [7, 11) is 0. The monoisotopic (exact) mass is 229 g/mol. The summed E-state index contributed by atoms with van der Waals surface area (Å²) in [5.41, 5.74) is 4.71. The van der Waals surface area contributed by atoms with Gasteiger partial charge in [-0.25, -0.2) is 4.79 Å². The summed E-state index contributed by atoms with van der Waals surface area (Å²) in [4.78, 5) is 21.1. The van der Waals surface area contributed by atoms with E-state index in [0.717, 1.165) is 19.3 Å². The number of ether oxygens (including phenoxy) is 1. The molecule has 4 nitrogen and oxygen atoms in total. The summed E-state index contributed by atoms with van der Waals surface area (Å²) in [6.07, 6.45) is 8.60. The molecule has 0 bridgehead atoms. The number of hydrogen-bond acceptors (Lipinski definition) is 3. The maximum absolute atomic E-state index is 10.9. The number of nitrogens with two attached hydrogens (primary N) is 1. The maximum Gasteiger partial charge on any atom is 0.412 e. The second kappa shape index (κ2) is 10.5. The van der Waals surface area contributed by atoms with E-state index in [9.17, 15) is 9.59 Å². The lowest BCUT2D eigenvalue weighted by atomic mass is 10.1. The molecule has 0 saturated heterocycles. The van der Waals surface area contributed by atoms with Crippen molar-refractivity contribution in [2.24, 2.45) is 5.73 Å². The van der Waals surface area contributed by atoms with Crippen LogP contribution in [0, 0.1) is 0 Å². The van der Waals surface area contributed by atoms with Gasteiger partial charge in [0.1, 0.15) is 0 Å². The van der Waals surface area contributed by atoms with Crippen molar-refractivity contribution in [3.8, 4) is 0 Å². The minimum atomic E-state index is -1.01. The zero-order chi connectivity index (χ0) is 12.2. The number of hydrogen-bond donors (Lipinski definition) is 1. The molecule has 0 aliphatic carbocycles. The predicted molar refractivity (Wildman–Crippen MR) is 62.9 cm³/mol. The lowest BCUT2D eigenvalue weighted by Gasteiger charge is -2.01. The molecule has 0 fully saturated rings. The molecule has 0 aliphatic rings. The first kappa shape index (κ1) is 14.9. The number of rotatable bonds is 9. The number of primary amides is 1. The molecule has 0 atom stereocenters. The SMILES string of the molecule is CCCCCCCCCCC(=O)OC(N)=O. The molecule has 0 radical (unpaired) electrons. The topological polar surface area (TPSA) is 69.4 Å². The number of amides is 1. The molecule has 2 N–H and O–H groups in total. The number of carbonyl (C=O) groups excluding carboxylic acids is 2. The molecule has 16 heavy (non-hydrogen) atoms. The number of carbonyl (C=O) groups is 2. The van der Waals surface area contributed by atoms with Crippen LogP contribution in [0.15, 0.2) is 0 Å². The van der Waals surface area contributed by atoms with Crippen LogP contribution < -0.4 is 5.73 Å². The Bertz CT molecular complexity index is 204. The second-order valence-corrected chi connectivity index (χ2v) is 4.02. The lowest BCUT2D eigenvalue weighted by Crippen LogP contribution is -2.18. The molecule has 4 heteroatoms. The fraction of sp³-hybridized carbons (Fsp3) is 0.833.